The third-order valence-electron chi connectivity index (χ3n) is 3.75. The van der Waals surface area contributed by atoms with Crippen molar-refractivity contribution in [1.29, 1.82) is 0 Å². The summed E-state index contributed by atoms with van der Waals surface area (Å²) in [6.07, 6.45) is -0.166. The van der Waals surface area contributed by atoms with E-state index in [0.29, 0.717) is 34.6 Å². The van der Waals surface area contributed by atoms with Crippen molar-refractivity contribution in [3.05, 3.63) is 47.5 Å². The quantitative estimate of drug-likeness (QED) is 0.582. The first-order valence-electron chi connectivity index (χ1n) is 9.13. The van der Waals surface area contributed by atoms with E-state index < -0.39 is 18.0 Å². The summed E-state index contributed by atoms with van der Waals surface area (Å²) in [6, 6.07) is 11.8. The van der Waals surface area contributed by atoms with Gasteiger partial charge in [0, 0.05) is 5.69 Å². The summed E-state index contributed by atoms with van der Waals surface area (Å²) in [5.41, 5.74) is 0.460. The van der Waals surface area contributed by atoms with Gasteiger partial charge in [-0.05, 0) is 43.7 Å². The fourth-order valence-corrected chi connectivity index (χ4v) is 2.57. The summed E-state index contributed by atoms with van der Waals surface area (Å²) < 4.78 is 21.2. The maximum Gasteiger partial charge on any atom is 0.344 e. The highest BCUT2D eigenvalue weighted by Crippen LogP contribution is 2.28. The summed E-state index contributed by atoms with van der Waals surface area (Å²) in [6.45, 7) is 3.65. The predicted molar refractivity (Wildman–Crippen MR) is 110 cm³/mol. The monoisotopic (exact) mass is 421 g/mol. The van der Waals surface area contributed by atoms with Gasteiger partial charge in [0.2, 0.25) is 0 Å². The molecule has 1 atom stereocenters. The van der Waals surface area contributed by atoms with E-state index >= 15 is 0 Å². The Hall–Kier alpha value is -2.93. The van der Waals surface area contributed by atoms with E-state index in [1.807, 2.05) is 13.0 Å². The fourth-order valence-electron chi connectivity index (χ4n) is 2.31. The average Bonchev–Trinajstić information content (AvgIpc) is 2.71. The molecule has 0 heterocycles. The molecule has 0 aliphatic rings. The van der Waals surface area contributed by atoms with Crippen LogP contribution in [0, 0.1) is 0 Å². The summed E-state index contributed by atoms with van der Waals surface area (Å²) in [5.74, 6) is 0.300. The van der Waals surface area contributed by atoms with Crippen molar-refractivity contribution in [2.75, 3.05) is 25.6 Å². The zero-order chi connectivity index (χ0) is 21.2. The number of esters is 1. The number of benzene rings is 2. The zero-order valence-corrected chi connectivity index (χ0v) is 17.3. The lowest BCUT2D eigenvalue weighted by molar-refractivity contribution is -0.155. The summed E-state index contributed by atoms with van der Waals surface area (Å²) in [5, 5.41) is 2.98. The minimum absolute atomic E-state index is 0.349. The van der Waals surface area contributed by atoms with Gasteiger partial charge in [-0.2, -0.15) is 0 Å². The van der Waals surface area contributed by atoms with Crippen LogP contribution < -0.4 is 19.5 Å². The van der Waals surface area contributed by atoms with Gasteiger partial charge in [-0.15, -0.1) is 0 Å². The number of nitrogens with one attached hydrogen (secondary N) is 1. The molecule has 29 heavy (non-hydrogen) atoms. The molecule has 2 aromatic rings. The van der Waals surface area contributed by atoms with Gasteiger partial charge < -0.3 is 24.3 Å². The van der Waals surface area contributed by atoms with E-state index in [2.05, 4.69) is 5.32 Å². The van der Waals surface area contributed by atoms with Crippen LogP contribution in [0.2, 0.25) is 5.02 Å². The molecule has 0 aliphatic carbocycles. The van der Waals surface area contributed by atoms with Crippen LogP contribution in [0.3, 0.4) is 0 Å². The number of ether oxygens (including phenoxy) is 4. The van der Waals surface area contributed by atoms with Gasteiger partial charge in [0.15, 0.2) is 24.2 Å². The second-order valence-electron chi connectivity index (χ2n) is 6.05. The van der Waals surface area contributed by atoms with Crippen molar-refractivity contribution in [2.45, 2.75) is 26.4 Å². The van der Waals surface area contributed by atoms with E-state index in [4.69, 9.17) is 30.5 Å². The van der Waals surface area contributed by atoms with Crippen LogP contribution >= 0.6 is 11.6 Å². The highest BCUT2D eigenvalue weighted by molar-refractivity contribution is 6.32. The van der Waals surface area contributed by atoms with Gasteiger partial charge in [0.1, 0.15) is 5.75 Å². The summed E-state index contributed by atoms with van der Waals surface area (Å²) in [4.78, 5) is 24.3. The highest BCUT2D eigenvalue weighted by Gasteiger charge is 2.19. The van der Waals surface area contributed by atoms with Crippen LogP contribution in [-0.4, -0.2) is 38.3 Å². The molecule has 2 aromatic carbocycles. The molecular formula is C21H24ClNO6. The Morgan fingerprint density at radius 2 is 1.76 bits per heavy atom. The van der Waals surface area contributed by atoms with Crippen molar-refractivity contribution in [3.8, 4) is 17.2 Å². The molecule has 0 unspecified atom stereocenters. The lowest BCUT2D eigenvalue weighted by atomic mass is 10.3. The maximum atomic E-state index is 12.2. The second kappa shape index (κ2) is 11.2. The third-order valence-corrected chi connectivity index (χ3v) is 4.05. The number of carbonyl (C=O) groups excluding carboxylic acids is 2. The number of amides is 1. The molecule has 0 aromatic heterocycles. The Balaban J connectivity index is 1.85. The minimum atomic E-state index is -1.02. The predicted octanol–water partition coefficient (Wildman–Crippen LogP) is 4.09. The number of para-hydroxylation sites is 2. The molecule has 0 bridgehead atoms. The lowest BCUT2D eigenvalue weighted by Gasteiger charge is -2.15. The van der Waals surface area contributed by atoms with Gasteiger partial charge in [-0.1, -0.05) is 30.7 Å². The molecule has 0 saturated carbocycles. The van der Waals surface area contributed by atoms with Gasteiger partial charge >= 0.3 is 5.97 Å². The molecule has 156 valence electrons. The van der Waals surface area contributed by atoms with E-state index in [1.165, 1.54) is 14.0 Å². The molecule has 1 amide bonds. The van der Waals surface area contributed by atoms with Crippen LogP contribution in [0.25, 0.3) is 0 Å². The lowest BCUT2D eigenvalue weighted by Crippen LogP contribution is -2.31. The molecule has 1 N–H and O–H groups in total. The SMILES string of the molecule is CCCOc1ccccc1OCC(=O)O[C@H](C)C(=O)Nc1ccc(OC)c(Cl)c1. The first-order valence-corrected chi connectivity index (χ1v) is 9.51. The topological polar surface area (TPSA) is 83.1 Å². The Morgan fingerprint density at radius 3 is 2.38 bits per heavy atom. The first-order chi connectivity index (χ1) is 13.9. The molecule has 2 rings (SSSR count). The third kappa shape index (κ3) is 6.87. The van der Waals surface area contributed by atoms with Gasteiger partial charge in [-0.3, -0.25) is 4.79 Å². The highest BCUT2D eigenvalue weighted by atomic mass is 35.5. The number of carbonyl (C=O) groups is 2. The minimum Gasteiger partial charge on any atom is -0.495 e. The van der Waals surface area contributed by atoms with E-state index in [9.17, 15) is 9.59 Å². The second-order valence-corrected chi connectivity index (χ2v) is 6.46. The first kappa shape index (κ1) is 22.4. The van der Waals surface area contributed by atoms with Crippen molar-refractivity contribution in [3.63, 3.8) is 0 Å². The van der Waals surface area contributed by atoms with Crippen LogP contribution in [-0.2, 0) is 14.3 Å². The fraction of sp³-hybridized carbons (Fsp3) is 0.333. The van der Waals surface area contributed by atoms with Crippen LogP contribution in [0.1, 0.15) is 20.3 Å². The number of rotatable bonds is 10. The Kier molecular flexibility index (Phi) is 8.61. The number of methoxy groups -OCH3 is 1. The summed E-state index contributed by atoms with van der Waals surface area (Å²) >= 11 is 6.03. The van der Waals surface area contributed by atoms with E-state index in [-0.39, 0.29) is 6.61 Å². The van der Waals surface area contributed by atoms with Gasteiger partial charge in [-0.25, -0.2) is 4.79 Å². The maximum absolute atomic E-state index is 12.2. The van der Waals surface area contributed by atoms with E-state index in [0.717, 1.165) is 6.42 Å². The molecule has 0 radical (unpaired) electrons. The van der Waals surface area contributed by atoms with Crippen molar-refractivity contribution >= 4 is 29.2 Å². The normalized spacial score (nSPS) is 11.3. The molecule has 0 aliphatic heterocycles. The van der Waals surface area contributed by atoms with Gasteiger partial charge in [0.05, 0.1) is 18.7 Å². The molecular weight excluding hydrogens is 398 g/mol. The van der Waals surface area contributed by atoms with Crippen LogP contribution in [0.4, 0.5) is 5.69 Å². The van der Waals surface area contributed by atoms with Crippen molar-refractivity contribution in [1.82, 2.24) is 0 Å². The Morgan fingerprint density at radius 1 is 1.07 bits per heavy atom. The molecule has 0 fully saturated rings. The number of anilines is 1. The van der Waals surface area contributed by atoms with Crippen LogP contribution in [0.15, 0.2) is 42.5 Å². The van der Waals surface area contributed by atoms with Crippen molar-refractivity contribution < 1.29 is 28.5 Å². The Bertz CT molecular complexity index is 842. The zero-order valence-electron chi connectivity index (χ0n) is 16.6. The molecule has 7 nitrogen and oxygen atoms in total. The number of hydrogen-bond donors (Lipinski definition) is 1. The largest absolute Gasteiger partial charge is 0.495 e. The molecule has 0 saturated heterocycles. The van der Waals surface area contributed by atoms with E-state index in [1.54, 1.807) is 36.4 Å². The van der Waals surface area contributed by atoms with Crippen molar-refractivity contribution in [2.24, 2.45) is 0 Å². The molecule has 0 spiro atoms. The standard InChI is InChI=1S/C21H24ClNO6/c1-4-11-27-18-7-5-6-8-19(18)28-13-20(24)29-14(2)21(25)23-15-9-10-17(26-3)16(22)12-15/h5-10,12,14H,4,11,13H2,1-3H3,(H,23,25)/t14-/m1/s1. The average molecular weight is 422 g/mol. The molecule has 8 heteroatoms. The summed E-state index contributed by atoms with van der Waals surface area (Å²) in [7, 11) is 1.50. The van der Waals surface area contributed by atoms with Gasteiger partial charge in [0.25, 0.3) is 5.91 Å². The number of hydrogen-bond acceptors (Lipinski definition) is 6. The van der Waals surface area contributed by atoms with Crippen LogP contribution in [0.5, 0.6) is 17.2 Å². The smallest absolute Gasteiger partial charge is 0.344 e. The Labute approximate surface area is 174 Å². The number of halogens is 1.